The van der Waals surface area contributed by atoms with E-state index in [0.717, 1.165) is 6.07 Å². The largest absolute Gasteiger partial charge is 0.495 e. The number of halogens is 2. The number of carbonyl (C=O) groups excluding carboxylic acids is 2. The van der Waals surface area contributed by atoms with Gasteiger partial charge in [-0.3, -0.25) is 19.4 Å². The average Bonchev–Trinajstić information content (AvgIpc) is 2.73. The number of amides is 2. The van der Waals surface area contributed by atoms with Crippen LogP contribution in [0.1, 0.15) is 28.0 Å². The summed E-state index contributed by atoms with van der Waals surface area (Å²) in [5, 5.41) is 5.37. The molecule has 0 saturated carbocycles. The van der Waals surface area contributed by atoms with E-state index < -0.39 is 28.9 Å². The molecule has 0 spiro atoms. The molecule has 172 valence electrons. The van der Waals surface area contributed by atoms with Crippen LogP contribution in [0.5, 0.6) is 5.75 Å². The number of hydrogen-bond donors (Lipinski definition) is 4. The number of aromatic nitrogens is 2. The molecule has 1 aromatic heterocycles. The quantitative estimate of drug-likeness (QED) is 0.418. The third kappa shape index (κ3) is 5.86. The van der Waals surface area contributed by atoms with Gasteiger partial charge < -0.3 is 20.4 Å². The van der Waals surface area contributed by atoms with Crippen LogP contribution in [0, 0.1) is 12.7 Å². The van der Waals surface area contributed by atoms with E-state index in [1.807, 2.05) is 0 Å². The van der Waals surface area contributed by atoms with Gasteiger partial charge in [0.15, 0.2) is 0 Å². The van der Waals surface area contributed by atoms with Crippen LogP contribution in [0.3, 0.4) is 0 Å². The summed E-state index contributed by atoms with van der Waals surface area (Å²) < 4.78 is 19.3. The van der Waals surface area contributed by atoms with Crippen LogP contribution in [0.15, 0.2) is 46.0 Å². The Labute approximate surface area is 192 Å². The molecule has 0 aliphatic carbocycles. The van der Waals surface area contributed by atoms with Crippen molar-refractivity contribution in [1.82, 2.24) is 9.97 Å². The highest BCUT2D eigenvalue weighted by Gasteiger charge is 2.16. The number of nitrogens with one attached hydrogen (secondary N) is 4. The van der Waals surface area contributed by atoms with Crippen LogP contribution < -0.4 is 26.6 Å². The first-order valence-electron chi connectivity index (χ1n) is 9.74. The Kier molecular flexibility index (Phi) is 7.29. The van der Waals surface area contributed by atoms with Crippen molar-refractivity contribution in [2.75, 3.05) is 17.7 Å². The Morgan fingerprint density at radius 2 is 1.85 bits per heavy atom. The van der Waals surface area contributed by atoms with Gasteiger partial charge in [-0.05, 0) is 49.7 Å². The number of aryl methyl sites for hydroxylation is 1. The molecule has 0 aliphatic rings. The van der Waals surface area contributed by atoms with E-state index in [0.29, 0.717) is 22.7 Å². The number of rotatable bonds is 7. The number of anilines is 2. The predicted octanol–water partition coefficient (Wildman–Crippen LogP) is 3.00. The highest BCUT2D eigenvalue weighted by atomic mass is 35.5. The third-order valence-corrected chi connectivity index (χ3v) is 5.00. The summed E-state index contributed by atoms with van der Waals surface area (Å²) in [7, 11) is 1.40. The van der Waals surface area contributed by atoms with E-state index in [9.17, 15) is 23.6 Å². The van der Waals surface area contributed by atoms with Gasteiger partial charge in [0.2, 0.25) is 5.91 Å². The molecular formula is C22H20ClFN4O5. The molecule has 2 aromatic carbocycles. The number of benzene rings is 2. The molecule has 0 atom stereocenters. The van der Waals surface area contributed by atoms with Crippen molar-refractivity contribution in [2.24, 2.45) is 0 Å². The molecule has 11 heteroatoms. The summed E-state index contributed by atoms with van der Waals surface area (Å²) in [6.07, 6.45) is 0.0824. The molecule has 0 radical (unpaired) electrons. The summed E-state index contributed by atoms with van der Waals surface area (Å²) in [5.74, 6) is -1.60. The minimum absolute atomic E-state index is 0.0281. The fourth-order valence-corrected chi connectivity index (χ4v) is 3.29. The van der Waals surface area contributed by atoms with Crippen molar-refractivity contribution in [2.45, 2.75) is 19.8 Å². The van der Waals surface area contributed by atoms with Crippen LogP contribution in [-0.4, -0.2) is 28.9 Å². The highest BCUT2D eigenvalue weighted by Crippen LogP contribution is 2.29. The second-order valence-corrected chi connectivity index (χ2v) is 7.49. The minimum atomic E-state index is -0.782. The first-order valence-corrected chi connectivity index (χ1v) is 10.1. The number of ether oxygens (including phenoxy) is 1. The van der Waals surface area contributed by atoms with Crippen molar-refractivity contribution in [3.8, 4) is 5.75 Å². The maximum absolute atomic E-state index is 14.1. The van der Waals surface area contributed by atoms with Crippen LogP contribution in [0.25, 0.3) is 0 Å². The van der Waals surface area contributed by atoms with Gasteiger partial charge >= 0.3 is 5.69 Å². The van der Waals surface area contributed by atoms with E-state index in [1.54, 1.807) is 13.0 Å². The van der Waals surface area contributed by atoms with Crippen LogP contribution in [0.2, 0.25) is 5.02 Å². The van der Waals surface area contributed by atoms with Gasteiger partial charge in [0.05, 0.1) is 18.4 Å². The number of methoxy groups -OCH3 is 1. The van der Waals surface area contributed by atoms with E-state index in [-0.39, 0.29) is 29.1 Å². The van der Waals surface area contributed by atoms with E-state index in [4.69, 9.17) is 16.3 Å². The Balaban J connectivity index is 1.72. The average molecular weight is 475 g/mol. The van der Waals surface area contributed by atoms with Crippen molar-refractivity contribution < 1.29 is 18.7 Å². The predicted molar refractivity (Wildman–Crippen MR) is 122 cm³/mol. The zero-order valence-electron chi connectivity index (χ0n) is 17.7. The molecule has 0 aliphatic heterocycles. The smallest absolute Gasteiger partial charge is 0.325 e. The molecule has 3 aromatic rings. The second-order valence-electron chi connectivity index (χ2n) is 7.05. The summed E-state index contributed by atoms with van der Waals surface area (Å²) in [6.45, 7) is 1.58. The maximum atomic E-state index is 14.1. The fraction of sp³-hybridized carbons (Fsp3) is 0.182. The lowest BCUT2D eigenvalue weighted by Crippen LogP contribution is -2.27. The molecule has 0 bridgehead atoms. The van der Waals surface area contributed by atoms with E-state index in [1.165, 1.54) is 31.4 Å². The van der Waals surface area contributed by atoms with Crippen molar-refractivity contribution in [1.29, 1.82) is 0 Å². The van der Waals surface area contributed by atoms with Crippen LogP contribution in [-0.2, 0) is 11.2 Å². The Bertz CT molecular complexity index is 1340. The summed E-state index contributed by atoms with van der Waals surface area (Å²) in [6, 6.07) is 8.22. The zero-order chi connectivity index (χ0) is 24.1. The minimum Gasteiger partial charge on any atom is -0.495 e. The fourth-order valence-electron chi connectivity index (χ4n) is 3.14. The lowest BCUT2D eigenvalue weighted by Gasteiger charge is -2.13. The van der Waals surface area contributed by atoms with Gasteiger partial charge in [-0.15, -0.1) is 0 Å². The Morgan fingerprint density at radius 3 is 2.52 bits per heavy atom. The first kappa shape index (κ1) is 23.7. The molecule has 4 N–H and O–H groups in total. The van der Waals surface area contributed by atoms with Crippen molar-refractivity contribution in [3.63, 3.8) is 0 Å². The number of hydrogen-bond acceptors (Lipinski definition) is 5. The molecular weight excluding hydrogens is 455 g/mol. The summed E-state index contributed by atoms with van der Waals surface area (Å²) in [5.41, 5.74) is -0.123. The number of H-pyrrole nitrogens is 2. The van der Waals surface area contributed by atoms with Gasteiger partial charge in [-0.1, -0.05) is 11.6 Å². The molecule has 0 fully saturated rings. The van der Waals surface area contributed by atoms with Crippen molar-refractivity contribution >= 4 is 34.8 Å². The summed E-state index contributed by atoms with van der Waals surface area (Å²) in [4.78, 5) is 52.7. The molecule has 33 heavy (non-hydrogen) atoms. The second kappa shape index (κ2) is 10.1. The highest BCUT2D eigenvalue weighted by molar-refractivity contribution is 6.30. The van der Waals surface area contributed by atoms with Gasteiger partial charge in [0.25, 0.3) is 11.5 Å². The SMILES string of the molecule is COc1ccc(NC(=O)CCc2c(C)[nH]c(=O)[nH]c2=O)cc1NC(=O)c1ccc(Cl)cc1F. The Morgan fingerprint density at radius 1 is 1.09 bits per heavy atom. The van der Waals surface area contributed by atoms with Crippen LogP contribution >= 0.6 is 11.6 Å². The third-order valence-electron chi connectivity index (χ3n) is 4.76. The molecule has 3 rings (SSSR count). The normalized spacial score (nSPS) is 10.5. The first-order chi connectivity index (χ1) is 15.7. The summed E-state index contributed by atoms with van der Waals surface area (Å²) >= 11 is 5.72. The molecule has 0 unspecified atom stereocenters. The zero-order valence-corrected chi connectivity index (χ0v) is 18.4. The lowest BCUT2D eigenvalue weighted by molar-refractivity contribution is -0.116. The van der Waals surface area contributed by atoms with Gasteiger partial charge in [0.1, 0.15) is 11.6 Å². The topological polar surface area (TPSA) is 133 Å². The number of carbonyl (C=O) groups is 2. The molecule has 2 amide bonds. The molecule has 9 nitrogen and oxygen atoms in total. The molecule has 1 heterocycles. The van der Waals surface area contributed by atoms with Crippen molar-refractivity contribution in [3.05, 3.63) is 84.9 Å². The maximum Gasteiger partial charge on any atom is 0.325 e. The standard InChI is InChI=1S/C22H20ClFN4O5/c1-11-14(20(30)28-22(32)25-11)6-8-19(29)26-13-4-7-18(33-2)17(10-13)27-21(31)15-5-3-12(23)9-16(15)24/h3-5,7,9-10H,6,8H2,1-2H3,(H,26,29)(H,27,31)(H2,25,28,30,32). The monoisotopic (exact) mass is 474 g/mol. The van der Waals surface area contributed by atoms with Gasteiger partial charge in [-0.25, -0.2) is 9.18 Å². The van der Waals surface area contributed by atoms with E-state index >= 15 is 0 Å². The number of aromatic amines is 2. The van der Waals surface area contributed by atoms with Crippen LogP contribution in [0.4, 0.5) is 15.8 Å². The van der Waals surface area contributed by atoms with E-state index in [2.05, 4.69) is 20.6 Å². The van der Waals surface area contributed by atoms with Gasteiger partial charge in [0, 0.05) is 28.4 Å². The van der Waals surface area contributed by atoms with Gasteiger partial charge in [-0.2, -0.15) is 0 Å². The lowest BCUT2D eigenvalue weighted by atomic mass is 10.1. The Hall–Kier alpha value is -3.92. The molecule has 0 saturated heterocycles.